The number of hydrogen-bond donors (Lipinski definition) is 1. The summed E-state index contributed by atoms with van der Waals surface area (Å²) < 4.78 is 76.1. The molecule has 2 rings (SSSR count). The van der Waals surface area contributed by atoms with Crippen LogP contribution in [0.5, 0.6) is 0 Å². The van der Waals surface area contributed by atoms with Crippen molar-refractivity contribution in [1.29, 1.82) is 0 Å². The first-order valence-electron chi connectivity index (χ1n) is 5.71. The predicted octanol–water partition coefficient (Wildman–Crippen LogP) is 4.57. The number of benzene rings is 1. The Bertz CT molecular complexity index is 462. The Balaban J connectivity index is 0.00000200. The third-order valence-electron chi connectivity index (χ3n) is 3.12. The molecule has 0 saturated carbocycles. The first kappa shape index (κ1) is 17.1. The monoisotopic (exact) mass is 319 g/mol. The Morgan fingerprint density at radius 2 is 1.65 bits per heavy atom. The molecule has 1 aliphatic rings. The van der Waals surface area contributed by atoms with Crippen LogP contribution < -0.4 is 5.32 Å². The van der Waals surface area contributed by atoms with Gasteiger partial charge in [0.05, 0.1) is 11.1 Å². The van der Waals surface area contributed by atoms with E-state index in [1.165, 1.54) is 0 Å². The van der Waals surface area contributed by atoms with Crippen molar-refractivity contribution < 1.29 is 26.3 Å². The molecule has 0 bridgehead atoms. The second-order valence-electron chi connectivity index (χ2n) is 4.45. The van der Waals surface area contributed by atoms with E-state index in [0.717, 1.165) is 6.07 Å². The molecular weight excluding hydrogens is 308 g/mol. The van der Waals surface area contributed by atoms with E-state index < -0.39 is 29.5 Å². The summed E-state index contributed by atoms with van der Waals surface area (Å²) in [5.41, 5.74) is -2.60. The van der Waals surface area contributed by atoms with E-state index in [4.69, 9.17) is 0 Å². The summed E-state index contributed by atoms with van der Waals surface area (Å²) in [5.74, 6) is 0. The number of halogens is 7. The van der Waals surface area contributed by atoms with Crippen LogP contribution in [0.25, 0.3) is 0 Å². The van der Waals surface area contributed by atoms with Gasteiger partial charge in [-0.1, -0.05) is 6.07 Å². The van der Waals surface area contributed by atoms with Crippen molar-refractivity contribution in [3.05, 3.63) is 34.9 Å². The minimum absolute atomic E-state index is 0. The minimum atomic E-state index is -4.79. The molecule has 114 valence electrons. The lowest BCUT2D eigenvalue weighted by molar-refractivity contribution is -0.143. The standard InChI is InChI=1S/C12H11F6N.ClH/c13-11(14,15)7-3-4-8(10-2-1-5-19-10)9(6-7)12(16,17)18;/h3-4,6,10,19H,1-2,5H2;1H/t10-;/m1./s1. The van der Waals surface area contributed by atoms with Gasteiger partial charge in [0.1, 0.15) is 0 Å². The van der Waals surface area contributed by atoms with E-state index in [1.54, 1.807) is 0 Å². The maximum atomic E-state index is 12.9. The number of rotatable bonds is 1. The molecule has 1 aliphatic heterocycles. The van der Waals surface area contributed by atoms with Gasteiger partial charge in [-0.2, -0.15) is 26.3 Å². The zero-order valence-corrected chi connectivity index (χ0v) is 10.9. The average Bonchev–Trinajstić information content (AvgIpc) is 2.79. The Hall–Kier alpha value is -0.950. The predicted molar refractivity (Wildman–Crippen MR) is 63.7 cm³/mol. The molecule has 0 aromatic heterocycles. The van der Waals surface area contributed by atoms with E-state index in [1.807, 2.05) is 0 Å². The van der Waals surface area contributed by atoms with Crippen molar-refractivity contribution >= 4 is 12.4 Å². The van der Waals surface area contributed by atoms with Gasteiger partial charge in [0.2, 0.25) is 0 Å². The maximum absolute atomic E-state index is 12.9. The van der Waals surface area contributed by atoms with Crippen molar-refractivity contribution in [2.75, 3.05) is 6.54 Å². The SMILES string of the molecule is Cl.FC(F)(F)c1ccc([C@H]2CCCN2)c(C(F)(F)F)c1. The third-order valence-corrected chi connectivity index (χ3v) is 3.12. The fraction of sp³-hybridized carbons (Fsp3) is 0.500. The number of hydrogen-bond acceptors (Lipinski definition) is 1. The second-order valence-corrected chi connectivity index (χ2v) is 4.45. The first-order chi connectivity index (χ1) is 8.69. The van der Waals surface area contributed by atoms with Gasteiger partial charge in [-0.3, -0.25) is 0 Å². The molecule has 1 aromatic carbocycles. The fourth-order valence-corrected chi connectivity index (χ4v) is 2.23. The summed E-state index contributed by atoms with van der Waals surface area (Å²) in [5, 5.41) is 2.86. The van der Waals surface area contributed by atoms with Crippen molar-refractivity contribution in [2.24, 2.45) is 0 Å². The van der Waals surface area contributed by atoms with Crippen LogP contribution in [0.4, 0.5) is 26.3 Å². The van der Waals surface area contributed by atoms with Crippen molar-refractivity contribution in [3.63, 3.8) is 0 Å². The van der Waals surface area contributed by atoms with Crippen LogP contribution in [0, 0.1) is 0 Å². The van der Waals surface area contributed by atoms with E-state index >= 15 is 0 Å². The molecule has 1 fully saturated rings. The molecule has 1 nitrogen and oxygen atoms in total. The van der Waals surface area contributed by atoms with Crippen LogP contribution in [0.1, 0.15) is 35.6 Å². The molecule has 0 radical (unpaired) electrons. The number of alkyl halides is 6. The van der Waals surface area contributed by atoms with Crippen molar-refractivity contribution in [1.82, 2.24) is 5.32 Å². The van der Waals surface area contributed by atoms with E-state index in [2.05, 4.69) is 5.32 Å². The van der Waals surface area contributed by atoms with Gasteiger partial charge in [-0.05, 0) is 37.1 Å². The van der Waals surface area contributed by atoms with Gasteiger partial charge >= 0.3 is 12.4 Å². The van der Waals surface area contributed by atoms with Crippen LogP contribution in [-0.4, -0.2) is 6.54 Å². The largest absolute Gasteiger partial charge is 0.416 e. The highest BCUT2D eigenvalue weighted by atomic mass is 35.5. The molecular formula is C12H12ClF6N. The lowest BCUT2D eigenvalue weighted by atomic mass is 9.96. The molecule has 1 aromatic rings. The smallest absolute Gasteiger partial charge is 0.310 e. The molecule has 20 heavy (non-hydrogen) atoms. The molecule has 0 unspecified atom stereocenters. The van der Waals surface area contributed by atoms with Gasteiger partial charge in [-0.15, -0.1) is 12.4 Å². The quantitative estimate of drug-likeness (QED) is 0.748. The van der Waals surface area contributed by atoms with Crippen LogP contribution in [0.3, 0.4) is 0 Å². The minimum Gasteiger partial charge on any atom is -0.310 e. The van der Waals surface area contributed by atoms with Crippen LogP contribution >= 0.6 is 12.4 Å². The van der Waals surface area contributed by atoms with Gasteiger partial charge in [-0.25, -0.2) is 0 Å². The Labute approximate surface area is 117 Å². The molecule has 0 aliphatic carbocycles. The van der Waals surface area contributed by atoms with Gasteiger partial charge < -0.3 is 5.32 Å². The zero-order chi connectivity index (χ0) is 14.3. The summed E-state index contributed by atoms with van der Waals surface area (Å²) in [4.78, 5) is 0. The number of nitrogens with one attached hydrogen (secondary N) is 1. The molecule has 1 atom stereocenters. The Morgan fingerprint density at radius 1 is 1.00 bits per heavy atom. The normalized spacial score (nSPS) is 19.8. The maximum Gasteiger partial charge on any atom is 0.416 e. The molecule has 0 amide bonds. The lowest BCUT2D eigenvalue weighted by Crippen LogP contribution is -2.20. The van der Waals surface area contributed by atoms with Crippen LogP contribution in [0.2, 0.25) is 0 Å². The molecule has 1 saturated heterocycles. The summed E-state index contributed by atoms with van der Waals surface area (Å²) in [6.07, 6.45) is -8.36. The van der Waals surface area contributed by atoms with Crippen LogP contribution in [-0.2, 0) is 12.4 Å². The third kappa shape index (κ3) is 3.58. The van der Waals surface area contributed by atoms with E-state index in [-0.39, 0.29) is 24.0 Å². The average molecular weight is 320 g/mol. The summed E-state index contributed by atoms with van der Waals surface area (Å²) in [6, 6.07) is 1.29. The van der Waals surface area contributed by atoms with Gasteiger partial charge in [0.25, 0.3) is 0 Å². The second kappa shape index (κ2) is 5.81. The topological polar surface area (TPSA) is 12.0 Å². The van der Waals surface area contributed by atoms with E-state index in [9.17, 15) is 26.3 Å². The van der Waals surface area contributed by atoms with Crippen molar-refractivity contribution in [2.45, 2.75) is 31.2 Å². The Kier molecular flexibility index (Phi) is 4.97. The molecule has 8 heteroatoms. The van der Waals surface area contributed by atoms with Crippen LogP contribution in [0.15, 0.2) is 18.2 Å². The van der Waals surface area contributed by atoms with E-state index in [0.29, 0.717) is 25.5 Å². The lowest BCUT2D eigenvalue weighted by Gasteiger charge is -2.19. The highest BCUT2D eigenvalue weighted by molar-refractivity contribution is 5.85. The fourth-order valence-electron chi connectivity index (χ4n) is 2.23. The molecule has 0 spiro atoms. The highest BCUT2D eigenvalue weighted by Crippen LogP contribution is 2.40. The molecule has 1 N–H and O–H groups in total. The van der Waals surface area contributed by atoms with Crippen molar-refractivity contribution in [3.8, 4) is 0 Å². The van der Waals surface area contributed by atoms with Gasteiger partial charge in [0.15, 0.2) is 0 Å². The summed E-state index contributed by atoms with van der Waals surface area (Å²) in [7, 11) is 0. The summed E-state index contributed by atoms with van der Waals surface area (Å²) in [6.45, 7) is 0.572. The highest BCUT2D eigenvalue weighted by Gasteiger charge is 2.39. The Morgan fingerprint density at radius 3 is 2.10 bits per heavy atom. The summed E-state index contributed by atoms with van der Waals surface area (Å²) >= 11 is 0. The molecule has 1 heterocycles. The zero-order valence-electron chi connectivity index (χ0n) is 10.1. The first-order valence-corrected chi connectivity index (χ1v) is 5.71. The van der Waals surface area contributed by atoms with Gasteiger partial charge in [0, 0.05) is 6.04 Å².